The largest absolute Gasteiger partial charge is 0.491 e. The van der Waals surface area contributed by atoms with E-state index in [4.69, 9.17) is 14.2 Å². The molecule has 0 saturated carbocycles. The average Bonchev–Trinajstić information content (AvgIpc) is 3.31. The van der Waals surface area contributed by atoms with Gasteiger partial charge in [-0.15, -0.1) is 0 Å². The minimum atomic E-state index is -0.275. The molecule has 202 valence electrons. The number of rotatable bonds is 10. The molecule has 2 atom stereocenters. The van der Waals surface area contributed by atoms with Gasteiger partial charge in [-0.05, 0) is 69.0 Å². The van der Waals surface area contributed by atoms with E-state index >= 15 is 0 Å². The van der Waals surface area contributed by atoms with Gasteiger partial charge in [0.1, 0.15) is 11.6 Å². The molecule has 2 aliphatic rings. The molecule has 2 aromatic carbocycles. The van der Waals surface area contributed by atoms with Crippen molar-refractivity contribution in [2.75, 3.05) is 26.2 Å². The number of nitrogens with one attached hydrogen (secondary N) is 1. The Balaban J connectivity index is 1.33. The Morgan fingerprint density at radius 1 is 1.11 bits per heavy atom. The number of ether oxygens (including phenoxy) is 3. The standard InChI is InChI=1S/C29H40FN3O4/c1-21(2)36-27-10-6-23(7-11-27)18-31-29(34)33(19-24-4-8-25(30)9-5-24)26-12-15-32(16-13-26)17-14-28-35-20-22(3)37-28/h4-11,21-22,26,28H,12-20H2,1-3H3,(H,31,34). The first-order valence-electron chi connectivity index (χ1n) is 13.4. The lowest BCUT2D eigenvalue weighted by Gasteiger charge is -2.38. The Morgan fingerprint density at radius 2 is 1.78 bits per heavy atom. The zero-order valence-corrected chi connectivity index (χ0v) is 22.2. The van der Waals surface area contributed by atoms with E-state index in [0.717, 1.165) is 55.8 Å². The highest BCUT2D eigenvalue weighted by Gasteiger charge is 2.29. The minimum Gasteiger partial charge on any atom is -0.491 e. The molecule has 0 spiro atoms. The predicted octanol–water partition coefficient (Wildman–Crippen LogP) is 4.94. The number of benzene rings is 2. The van der Waals surface area contributed by atoms with Crippen LogP contribution in [0.4, 0.5) is 9.18 Å². The topological polar surface area (TPSA) is 63.3 Å². The highest BCUT2D eigenvalue weighted by molar-refractivity contribution is 5.74. The summed E-state index contributed by atoms with van der Waals surface area (Å²) in [7, 11) is 0. The summed E-state index contributed by atoms with van der Waals surface area (Å²) >= 11 is 0. The highest BCUT2D eigenvalue weighted by atomic mass is 19.1. The quantitative estimate of drug-likeness (QED) is 0.488. The molecule has 7 nitrogen and oxygen atoms in total. The molecule has 1 N–H and O–H groups in total. The number of likely N-dealkylation sites (tertiary alicyclic amines) is 1. The first-order valence-corrected chi connectivity index (χ1v) is 13.4. The van der Waals surface area contributed by atoms with Gasteiger partial charge in [0.25, 0.3) is 0 Å². The van der Waals surface area contributed by atoms with Crippen molar-refractivity contribution >= 4 is 6.03 Å². The molecule has 0 aromatic heterocycles. The number of carbonyl (C=O) groups is 1. The fraction of sp³-hybridized carbons (Fsp3) is 0.552. The molecule has 37 heavy (non-hydrogen) atoms. The second kappa shape index (κ2) is 13.2. The van der Waals surface area contributed by atoms with E-state index in [1.54, 1.807) is 12.1 Å². The van der Waals surface area contributed by atoms with Crippen molar-refractivity contribution in [1.82, 2.24) is 15.1 Å². The Labute approximate surface area is 219 Å². The summed E-state index contributed by atoms with van der Waals surface area (Å²) in [5.41, 5.74) is 1.92. The maximum Gasteiger partial charge on any atom is 0.318 e. The summed E-state index contributed by atoms with van der Waals surface area (Å²) < 4.78 is 30.6. The van der Waals surface area contributed by atoms with Crippen LogP contribution in [0.2, 0.25) is 0 Å². The maximum atomic E-state index is 13.5. The first-order chi connectivity index (χ1) is 17.9. The fourth-order valence-corrected chi connectivity index (χ4v) is 4.86. The van der Waals surface area contributed by atoms with Crippen molar-refractivity contribution in [3.05, 3.63) is 65.5 Å². The van der Waals surface area contributed by atoms with Gasteiger partial charge in [0.05, 0.1) is 18.8 Å². The Morgan fingerprint density at radius 3 is 2.41 bits per heavy atom. The highest BCUT2D eigenvalue weighted by Crippen LogP contribution is 2.22. The van der Waals surface area contributed by atoms with E-state index < -0.39 is 0 Å². The third kappa shape index (κ3) is 8.42. The Kier molecular flexibility index (Phi) is 9.77. The molecule has 2 amide bonds. The van der Waals surface area contributed by atoms with Gasteiger partial charge >= 0.3 is 6.03 Å². The molecule has 0 bridgehead atoms. The third-order valence-corrected chi connectivity index (χ3v) is 6.85. The van der Waals surface area contributed by atoms with Crippen LogP contribution >= 0.6 is 0 Å². The van der Waals surface area contributed by atoms with Gasteiger partial charge in [0, 0.05) is 45.2 Å². The summed E-state index contributed by atoms with van der Waals surface area (Å²) in [6.45, 7) is 10.3. The second-order valence-corrected chi connectivity index (χ2v) is 10.3. The van der Waals surface area contributed by atoms with E-state index in [9.17, 15) is 9.18 Å². The number of urea groups is 1. The molecule has 2 heterocycles. The lowest BCUT2D eigenvalue weighted by Crippen LogP contribution is -2.50. The molecule has 0 radical (unpaired) electrons. The second-order valence-electron chi connectivity index (χ2n) is 10.3. The number of carbonyl (C=O) groups excluding carboxylic acids is 1. The van der Waals surface area contributed by atoms with E-state index in [0.29, 0.717) is 19.7 Å². The maximum absolute atomic E-state index is 13.5. The van der Waals surface area contributed by atoms with Crippen LogP contribution in [0.25, 0.3) is 0 Å². The van der Waals surface area contributed by atoms with Gasteiger partial charge in [-0.2, -0.15) is 0 Å². The van der Waals surface area contributed by atoms with Crippen molar-refractivity contribution in [3.63, 3.8) is 0 Å². The van der Waals surface area contributed by atoms with Gasteiger partial charge in [0.15, 0.2) is 6.29 Å². The Hall–Kier alpha value is -2.68. The van der Waals surface area contributed by atoms with Gasteiger partial charge in [-0.25, -0.2) is 9.18 Å². The van der Waals surface area contributed by atoms with Crippen LogP contribution in [-0.4, -0.2) is 66.6 Å². The van der Waals surface area contributed by atoms with E-state index in [-0.39, 0.29) is 36.4 Å². The number of amides is 2. The molecule has 0 aliphatic carbocycles. The van der Waals surface area contributed by atoms with Gasteiger partial charge in [-0.3, -0.25) is 0 Å². The molecule has 2 aliphatic heterocycles. The number of hydrogen-bond donors (Lipinski definition) is 1. The van der Waals surface area contributed by atoms with Crippen LogP contribution in [0.15, 0.2) is 48.5 Å². The summed E-state index contributed by atoms with van der Waals surface area (Å²) in [4.78, 5) is 17.7. The number of hydrogen-bond acceptors (Lipinski definition) is 5. The Bertz CT molecular complexity index is 978. The minimum absolute atomic E-state index is 0.105. The van der Waals surface area contributed by atoms with Crippen LogP contribution in [0.1, 0.15) is 51.2 Å². The smallest absolute Gasteiger partial charge is 0.318 e. The molecule has 2 saturated heterocycles. The molecule has 2 aromatic rings. The number of halogens is 1. The van der Waals surface area contributed by atoms with Gasteiger partial charge < -0.3 is 29.3 Å². The van der Waals surface area contributed by atoms with Crippen molar-refractivity contribution in [1.29, 1.82) is 0 Å². The van der Waals surface area contributed by atoms with Crippen molar-refractivity contribution in [3.8, 4) is 5.75 Å². The van der Waals surface area contributed by atoms with Crippen LogP contribution in [0, 0.1) is 5.82 Å². The van der Waals surface area contributed by atoms with Crippen molar-refractivity contribution in [2.24, 2.45) is 0 Å². The SMILES string of the molecule is CC(C)Oc1ccc(CNC(=O)N(Cc2ccc(F)cc2)C2CCN(CCC3OCC(C)O3)CC2)cc1. The van der Waals surface area contributed by atoms with E-state index in [2.05, 4.69) is 10.2 Å². The summed E-state index contributed by atoms with van der Waals surface area (Å²) in [5, 5.41) is 3.09. The van der Waals surface area contributed by atoms with Crippen molar-refractivity contribution < 1.29 is 23.4 Å². The lowest BCUT2D eigenvalue weighted by atomic mass is 10.0. The summed E-state index contributed by atoms with van der Waals surface area (Å²) in [5.74, 6) is 0.540. The first kappa shape index (κ1) is 27.4. The molecular formula is C29H40FN3O4. The van der Waals surface area contributed by atoms with Crippen LogP contribution in [0.5, 0.6) is 5.75 Å². The van der Waals surface area contributed by atoms with Crippen LogP contribution in [0.3, 0.4) is 0 Å². The fourth-order valence-electron chi connectivity index (χ4n) is 4.86. The number of nitrogens with zero attached hydrogens (tertiary/aromatic N) is 2. The molecule has 2 unspecified atom stereocenters. The number of piperidine rings is 1. The zero-order valence-electron chi connectivity index (χ0n) is 22.2. The summed E-state index contributed by atoms with van der Waals surface area (Å²) in [6.07, 6.45) is 2.80. The molecule has 2 fully saturated rings. The third-order valence-electron chi connectivity index (χ3n) is 6.85. The van der Waals surface area contributed by atoms with Crippen molar-refractivity contribution in [2.45, 2.75) is 77.7 Å². The average molecular weight is 514 g/mol. The zero-order chi connectivity index (χ0) is 26.2. The van der Waals surface area contributed by atoms with E-state index in [1.807, 2.05) is 49.9 Å². The molecule has 4 rings (SSSR count). The van der Waals surface area contributed by atoms with Gasteiger partial charge in [0.2, 0.25) is 0 Å². The normalized spacial score (nSPS) is 20.8. The van der Waals surface area contributed by atoms with E-state index in [1.165, 1.54) is 12.1 Å². The molecular weight excluding hydrogens is 473 g/mol. The van der Waals surface area contributed by atoms with Crippen LogP contribution in [-0.2, 0) is 22.6 Å². The molecule has 8 heteroatoms. The lowest BCUT2D eigenvalue weighted by molar-refractivity contribution is -0.0646. The monoisotopic (exact) mass is 513 g/mol. The van der Waals surface area contributed by atoms with Gasteiger partial charge in [-0.1, -0.05) is 24.3 Å². The summed E-state index contributed by atoms with van der Waals surface area (Å²) in [6, 6.07) is 14.2. The van der Waals surface area contributed by atoms with Crippen LogP contribution < -0.4 is 10.1 Å². The predicted molar refractivity (Wildman–Crippen MR) is 141 cm³/mol.